The fourth-order valence-electron chi connectivity index (χ4n) is 3.34. The summed E-state index contributed by atoms with van der Waals surface area (Å²) in [6.45, 7) is 8.42. The van der Waals surface area contributed by atoms with Gasteiger partial charge in [-0.05, 0) is 26.0 Å². The summed E-state index contributed by atoms with van der Waals surface area (Å²) in [4.78, 5) is 27.4. The number of hydrogen-bond acceptors (Lipinski definition) is 8. The molecule has 0 unspecified atom stereocenters. The van der Waals surface area contributed by atoms with E-state index in [9.17, 15) is 4.79 Å². The first-order valence-corrected chi connectivity index (χ1v) is 11.2. The molecule has 1 fully saturated rings. The number of rotatable bonds is 6. The minimum Gasteiger partial charge on any atom is -0.497 e. The van der Waals surface area contributed by atoms with E-state index in [1.807, 2.05) is 32.0 Å². The molecule has 0 aliphatic carbocycles. The number of morpholine rings is 1. The number of hydrogen-bond donors (Lipinski definition) is 0. The number of nitrogens with zero attached hydrogens (tertiary/aromatic N) is 4. The molecule has 0 N–H and O–H groups in total. The Labute approximate surface area is 177 Å². The van der Waals surface area contributed by atoms with Gasteiger partial charge in [0.05, 0.1) is 41.2 Å². The third-order valence-corrected chi connectivity index (χ3v) is 7.02. The Bertz CT molecular complexity index is 1010. The van der Waals surface area contributed by atoms with Gasteiger partial charge in [0.1, 0.15) is 10.6 Å². The minimum atomic E-state index is -0.0348. The Kier molecular flexibility index (Phi) is 6.09. The Morgan fingerprint density at radius 2 is 2.03 bits per heavy atom. The summed E-state index contributed by atoms with van der Waals surface area (Å²) in [6.07, 6.45) is 0. The van der Waals surface area contributed by atoms with Crippen LogP contribution in [0.2, 0.25) is 0 Å². The number of aryl methyl sites for hydroxylation is 2. The first-order chi connectivity index (χ1) is 14.0. The largest absolute Gasteiger partial charge is 0.497 e. The van der Waals surface area contributed by atoms with Gasteiger partial charge in [0, 0.05) is 32.2 Å². The number of anilines is 1. The van der Waals surface area contributed by atoms with Crippen LogP contribution in [0.15, 0.2) is 18.2 Å². The second-order valence-electron chi connectivity index (χ2n) is 6.89. The summed E-state index contributed by atoms with van der Waals surface area (Å²) in [6, 6.07) is 5.81. The fourth-order valence-corrected chi connectivity index (χ4v) is 5.18. The van der Waals surface area contributed by atoms with Crippen molar-refractivity contribution in [2.45, 2.75) is 13.8 Å². The van der Waals surface area contributed by atoms with Crippen LogP contribution >= 0.6 is 22.7 Å². The van der Waals surface area contributed by atoms with Gasteiger partial charge >= 0.3 is 0 Å². The number of carbonyl (C=O) groups is 1. The highest BCUT2D eigenvalue weighted by Crippen LogP contribution is 2.33. The van der Waals surface area contributed by atoms with Crippen molar-refractivity contribution in [3.05, 3.63) is 33.8 Å². The van der Waals surface area contributed by atoms with Crippen molar-refractivity contribution in [3.8, 4) is 5.75 Å². The van der Waals surface area contributed by atoms with Gasteiger partial charge in [-0.1, -0.05) is 11.3 Å². The number of carbonyl (C=O) groups excluding carboxylic acids is 1. The van der Waals surface area contributed by atoms with Crippen molar-refractivity contribution in [2.75, 3.05) is 51.4 Å². The van der Waals surface area contributed by atoms with Crippen molar-refractivity contribution >= 4 is 43.9 Å². The van der Waals surface area contributed by atoms with E-state index in [0.717, 1.165) is 59.5 Å². The topological polar surface area (TPSA) is 67.8 Å². The van der Waals surface area contributed by atoms with Crippen LogP contribution in [-0.4, -0.2) is 67.3 Å². The molecule has 3 aromatic rings. The molecule has 1 amide bonds. The normalized spacial score (nSPS) is 15.0. The average Bonchev–Trinajstić information content (AvgIpc) is 3.30. The fraction of sp³-hybridized carbons (Fsp3) is 0.450. The molecule has 0 atom stereocenters. The Morgan fingerprint density at radius 1 is 1.24 bits per heavy atom. The van der Waals surface area contributed by atoms with Gasteiger partial charge in [0.25, 0.3) is 5.91 Å². The Balaban J connectivity index is 1.65. The van der Waals surface area contributed by atoms with E-state index in [0.29, 0.717) is 16.6 Å². The third kappa shape index (κ3) is 4.42. The molecule has 2 aromatic heterocycles. The monoisotopic (exact) mass is 432 g/mol. The van der Waals surface area contributed by atoms with Crippen LogP contribution in [0.4, 0.5) is 5.13 Å². The minimum absolute atomic E-state index is 0.0348. The van der Waals surface area contributed by atoms with Gasteiger partial charge in [-0.2, -0.15) is 0 Å². The molecule has 0 radical (unpaired) electrons. The maximum Gasteiger partial charge on any atom is 0.272 e. The van der Waals surface area contributed by atoms with Crippen LogP contribution in [0.1, 0.15) is 20.4 Å². The van der Waals surface area contributed by atoms with Crippen LogP contribution in [-0.2, 0) is 4.74 Å². The van der Waals surface area contributed by atoms with Gasteiger partial charge in [-0.25, -0.2) is 9.97 Å². The number of methoxy groups -OCH3 is 1. The molecule has 1 aliphatic heterocycles. The van der Waals surface area contributed by atoms with Crippen LogP contribution in [0.3, 0.4) is 0 Å². The molecule has 0 bridgehead atoms. The van der Waals surface area contributed by atoms with E-state index in [1.165, 1.54) is 22.7 Å². The number of amides is 1. The molecule has 4 rings (SSSR count). The zero-order valence-electron chi connectivity index (χ0n) is 16.8. The molecular formula is C20H24N4O3S2. The molecule has 1 aliphatic rings. The van der Waals surface area contributed by atoms with E-state index in [4.69, 9.17) is 14.5 Å². The van der Waals surface area contributed by atoms with Crippen molar-refractivity contribution < 1.29 is 14.3 Å². The summed E-state index contributed by atoms with van der Waals surface area (Å²) in [5.74, 6) is 0.724. The van der Waals surface area contributed by atoms with E-state index in [2.05, 4.69) is 9.88 Å². The molecule has 9 heteroatoms. The van der Waals surface area contributed by atoms with Crippen molar-refractivity contribution in [1.29, 1.82) is 0 Å². The molecule has 1 saturated heterocycles. The van der Waals surface area contributed by atoms with E-state index >= 15 is 0 Å². The predicted octanol–water partition coefficient (Wildman–Crippen LogP) is 3.36. The predicted molar refractivity (Wildman–Crippen MR) is 117 cm³/mol. The van der Waals surface area contributed by atoms with Gasteiger partial charge in [0.15, 0.2) is 5.13 Å². The second kappa shape index (κ2) is 8.74. The lowest BCUT2D eigenvalue weighted by molar-refractivity contribution is 0.0391. The van der Waals surface area contributed by atoms with Crippen LogP contribution in [0, 0.1) is 13.8 Å². The zero-order valence-corrected chi connectivity index (χ0v) is 18.4. The highest BCUT2D eigenvalue weighted by Gasteiger charge is 2.26. The van der Waals surface area contributed by atoms with Crippen molar-refractivity contribution in [1.82, 2.24) is 14.9 Å². The molecule has 154 valence electrons. The first-order valence-electron chi connectivity index (χ1n) is 9.55. The summed E-state index contributed by atoms with van der Waals surface area (Å²) in [7, 11) is 1.64. The van der Waals surface area contributed by atoms with Gasteiger partial charge in [-0.15, -0.1) is 11.3 Å². The molecule has 1 aromatic carbocycles. The smallest absolute Gasteiger partial charge is 0.272 e. The van der Waals surface area contributed by atoms with Crippen molar-refractivity contribution in [3.63, 3.8) is 0 Å². The number of thiazole rings is 2. The maximum atomic E-state index is 13.4. The Morgan fingerprint density at radius 3 is 2.72 bits per heavy atom. The molecule has 0 spiro atoms. The quantitative estimate of drug-likeness (QED) is 0.595. The van der Waals surface area contributed by atoms with Gasteiger partial charge in [0.2, 0.25) is 0 Å². The van der Waals surface area contributed by atoms with E-state index in [-0.39, 0.29) is 5.91 Å². The SMILES string of the molecule is COc1ccc2sc(N(CCN3CCOCC3)C(=O)c3sc(C)nc3C)nc2c1. The lowest BCUT2D eigenvalue weighted by atomic mass is 10.3. The summed E-state index contributed by atoms with van der Waals surface area (Å²) in [5, 5.41) is 1.60. The maximum absolute atomic E-state index is 13.4. The Hall–Kier alpha value is -2.07. The first kappa shape index (κ1) is 20.2. The van der Waals surface area contributed by atoms with Crippen molar-refractivity contribution in [2.24, 2.45) is 0 Å². The lowest BCUT2D eigenvalue weighted by Crippen LogP contribution is -2.43. The third-order valence-electron chi connectivity index (χ3n) is 4.90. The van der Waals surface area contributed by atoms with Gasteiger partial charge < -0.3 is 9.47 Å². The summed E-state index contributed by atoms with van der Waals surface area (Å²) < 4.78 is 11.8. The lowest BCUT2D eigenvalue weighted by Gasteiger charge is -2.29. The average molecular weight is 433 g/mol. The number of ether oxygens (including phenoxy) is 2. The number of aromatic nitrogens is 2. The second-order valence-corrected chi connectivity index (χ2v) is 9.10. The van der Waals surface area contributed by atoms with Crippen LogP contribution < -0.4 is 9.64 Å². The molecule has 29 heavy (non-hydrogen) atoms. The molecule has 3 heterocycles. The summed E-state index contributed by atoms with van der Waals surface area (Å²) >= 11 is 2.97. The van der Waals surface area contributed by atoms with Crippen LogP contribution in [0.25, 0.3) is 10.2 Å². The highest BCUT2D eigenvalue weighted by molar-refractivity contribution is 7.22. The molecule has 7 nitrogen and oxygen atoms in total. The number of benzene rings is 1. The molecule has 0 saturated carbocycles. The van der Waals surface area contributed by atoms with E-state index in [1.54, 1.807) is 12.0 Å². The number of fused-ring (bicyclic) bond motifs is 1. The molecular weight excluding hydrogens is 408 g/mol. The summed E-state index contributed by atoms with van der Waals surface area (Å²) in [5.41, 5.74) is 1.61. The van der Waals surface area contributed by atoms with Gasteiger partial charge in [-0.3, -0.25) is 14.6 Å². The standard InChI is InChI=1S/C20H24N4O3S2/c1-13-18(28-14(2)21-13)19(25)24(7-6-23-8-10-27-11-9-23)20-22-16-12-15(26-3)4-5-17(16)29-20/h4-5,12H,6-11H2,1-3H3. The zero-order chi connectivity index (χ0) is 20.4. The highest BCUT2D eigenvalue weighted by atomic mass is 32.1. The van der Waals surface area contributed by atoms with Crippen LogP contribution in [0.5, 0.6) is 5.75 Å². The van der Waals surface area contributed by atoms with E-state index < -0.39 is 0 Å².